The molecule has 14 rings (SSSR count). The number of anilines is 8. The minimum Gasteiger partial charge on any atom is -0.456 e. The summed E-state index contributed by atoms with van der Waals surface area (Å²) in [4.78, 5) is 4.59. The lowest BCUT2D eigenvalue weighted by molar-refractivity contribution is 0.483. The summed E-state index contributed by atoms with van der Waals surface area (Å²) in [5.41, 5.74) is 15.1. The molecule has 0 bridgehead atoms. The van der Waals surface area contributed by atoms with Crippen molar-refractivity contribution in [1.29, 1.82) is 0 Å². The van der Waals surface area contributed by atoms with Crippen molar-refractivity contribution in [3.63, 3.8) is 0 Å². The van der Waals surface area contributed by atoms with Crippen LogP contribution in [0.4, 0.5) is 45.5 Å². The van der Waals surface area contributed by atoms with E-state index in [2.05, 4.69) is 290 Å². The SMILES string of the molecule is CC1(C)c2ccc(Oc3cccc(N(c4ccc5ccccc5c4)c4ccc5ccccc5c4)c3Cl)cc2-c2ccc(N(c3ccccc3)c3ccc(-c4ccc5ccc(Nc6ccc7ccccc7c6)cc5c4)cc3)cc21. The normalized spacial score (nSPS) is 12.4. The highest BCUT2D eigenvalue weighted by molar-refractivity contribution is 6.35. The molecule has 0 aliphatic heterocycles. The van der Waals surface area contributed by atoms with E-state index in [1.165, 1.54) is 54.6 Å². The van der Waals surface area contributed by atoms with Crippen LogP contribution in [-0.2, 0) is 5.41 Å². The molecule has 0 fully saturated rings. The lowest BCUT2D eigenvalue weighted by Crippen LogP contribution is -2.16. The highest BCUT2D eigenvalue weighted by Gasteiger charge is 2.36. The van der Waals surface area contributed by atoms with Crippen LogP contribution in [0.5, 0.6) is 11.5 Å². The Labute approximate surface area is 459 Å². The highest BCUT2D eigenvalue weighted by atomic mass is 35.5. The van der Waals surface area contributed by atoms with Gasteiger partial charge in [-0.3, -0.25) is 0 Å². The third-order valence-electron chi connectivity index (χ3n) is 15.6. The van der Waals surface area contributed by atoms with Gasteiger partial charge in [-0.2, -0.15) is 0 Å². The van der Waals surface area contributed by atoms with Crippen molar-refractivity contribution in [3.8, 4) is 33.8 Å². The molecule has 0 amide bonds. The number of halogens is 1. The van der Waals surface area contributed by atoms with Crippen LogP contribution in [0.3, 0.4) is 0 Å². The first-order valence-electron chi connectivity index (χ1n) is 26.6. The zero-order valence-electron chi connectivity index (χ0n) is 43.2. The predicted octanol–water partition coefficient (Wildman–Crippen LogP) is 21.4. The maximum Gasteiger partial charge on any atom is 0.148 e. The fraction of sp³-hybridized carbons (Fsp3) is 0.0411. The van der Waals surface area contributed by atoms with E-state index in [9.17, 15) is 0 Å². The summed E-state index contributed by atoms with van der Waals surface area (Å²) in [6.45, 7) is 4.65. The Morgan fingerprint density at radius 2 is 0.859 bits per heavy atom. The average molecular weight is 1020 g/mol. The molecule has 4 nitrogen and oxygen atoms in total. The molecule has 0 saturated heterocycles. The highest BCUT2D eigenvalue weighted by Crippen LogP contribution is 2.53. The Balaban J connectivity index is 0.762. The van der Waals surface area contributed by atoms with E-state index >= 15 is 0 Å². The lowest BCUT2D eigenvalue weighted by atomic mass is 9.82. The molecule has 1 N–H and O–H groups in total. The van der Waals surface area contributed by atoms with Gasteiger partial charge in [0.2, 0.25) is 0 Å². The standard InChI is InChI=1S/C73H52ClN3O/c1-73(2)68-40-38-65(78-71-22-12-21-70(72(71)74)77(62-35-29-49-14-7-10-17-54(49)44-62)63-36-30-50-15-8-11-18-55(50)45-63)47-67(68)66-39-37-64(46-69(66)73)76(60-19-4-3-5-20-60)61-33-27-51(28-34-61)56-24-23-52-26-32-59(43-57(52)41-56)75-58-31-25-48-13-6-9-16-53(48)42-58/h3-47,75H,1-2H3. The Kier molecular flexibility index (Phi) is 11.5. The molecule has 0 unspecified atom stereocenters. The van der Waals surface area contributed by atoms with Crippen molar-refractivity contribution in [3.05, 3.63) is 289 Å². The predicted molar refractivity (Wildman–Crippen MR) is 330 cm³/mol. The van der Waals surface area contributed by atoms with E-state index < -0.39 is 0 Å². The summed E-state index contributed by atoms with van der Waals surface area (Å²) in [5.74, 6) is 1.30. The van der Waals surface area contributed by atoms with Gasteiger partial charge in [0, 0.05) is 45.2 Å². The van der Waals surface area contributed by atoms with Crippen molar-refractivity contribution in [2.75, 3.05) is 15.1 Å². The second-order valence-electron chi connectivity index (χ2n) is 20.8. The van der Waals surface area contributed by atoms with Crippen LogP contribution in [0.25, 0.3) is 65.3 Å². The molecule has 78 heavy (non-hydrogen) atoms. The molecule has 0 aromatic heterocycles. The molecule has 0 heterocycles. The van der Waals surface area contributed by atoms with Crippen molar-refractivity contribution < 1.29 is 4.74 Å². The molecule has 1 aliphatic rings. The largest absolute Gasteiger partial charge is 0.456 e. The van der Waals surface area contributed by atoms with Gasteiger partial charge in [-0.05, 0) is 192 Å². The second-order valence-corrected chi connectivity index (χ2v) is 21.2. The van der Waals surface area contributed by atoms with Gasteiger partial charge in [0.25, 0.3) is 0 Å². The third-order valence-corrected chi connectivity index (χ3v) is 16.0. The minimum atomic E-state index is -0.274. The smallest absolute Gasteiger partial charge is 0.148 e. The molecular weight excluding hydrogens is 970 g/mol. The zero-order valence-corrected chi connectivity index (χ0v) is 43.9. The number of rotatable bonds is 11. The Hall–Kier alpha value is -9.61. The van der Waals surface area contributed by atoms with Crippen LogP contribution >= 0.6 is 11.6 Å². The van der Waals surface area contributed by atoms with Crippen LogP contribution < -0.4 is 19.9 Å². The van der Waals surface area contributed by atoms with Gasteiger partial charge in [0.05, 0.1) is 5.69 Å². The molecule has 0 saturated carbocycles. The Morgan fingerprint density at radius 1 is 0.346 bits per heavy atom. The van der Waals surface area contributed by atoms with Crippen molar-refractivity contribution in [2.45, 2.75) is 19.3 Å². The molecule has 0 spiro atoms. The number of hydrogen-bond donors (Lipinski definition) is 1. The van der Waals surface area contributed by atoms with Gasteiger partial charge >= 0.3 is 0 Å². The molecule has 372 valence electrons. The number of benzene rings is 13. The molecule has 13 aromatic carbocycles. The average Bonchev–Trinajstić information content (AvgIpc) is 3.74. The van der Waals surface area contributed by atoms with Crippen LogP contribution in [0.15, 0.2) is 273 Å². The number of nitrogens with one attached hydrogen (secondary N) is 1. The molecule has 13 aromatic rings. The van der Waals surface area contributed by atoms with Crippen molar-refractivity contribution >= 4 is 100 Å². The maximum atomic E-state index is 7.51. The number of fused-ring (bicyclic) bond motifs is 7. The van der Waals surface area contributed by atoms with Gasteiger partial charge in [0.1, 0.15) is 16.5 Å². The number of nitrogens with zero attached hydrogens (tertiary/aromatic N) is 2. The van der Waals surface area contributed by atoms with Crippen LogP contribution in [-0.4, -0.2) is 0 Å². The fourth-order valence-electron chi connectivity index (χ4n) is 11.6. The van der Waals surface area contributed by atoms with Gasteiger partial charge in [-0.1, -0.05) is 183 Å². The maximum absolute atomic E-state index is 7.51. The Bertz CT molecular complexity index is 4370. The van der Waals surface area contributed by atoms with E-state index in [-0.39, 0.29) is 5.41 Å². The first-order valence-corrected chi connectivity index (χ1v) is 26.9. The summed E-state index contributed by atoms with van der Waals surface area (Å²) >= 11 is 7.51. The van der Waals surface area contributed by atoms with E-state index in [0.29, 0.717) is 10.8 Å². The van der Waals surface area contributed by atoms with E-state index in [0.717, 1.165) is 73.1 Å². The lowest BCUT2D eigenvalue weighted by Gasteiger charge is -2.28. The molecule has 5 heteroatoms. The summed E-state index contributed by atoms with van der Waals surface area (Å²) < 4.78 is 6.83. The summed E-state index contributed by atoms with van der Waals surface area (Å²) in [7, 11) is 0. The van der Waals surface area contributed by atoms with Gasteiger partial charge in [-0.25, -0.2) is 0 Å². The second kappa shape index (κ2) is 19.2. The van der Waals surface area contributed by atoms with E-state index in [1.807, 2.05) is 12.1 Å². The van der Waals surface area contributed by atoms with E-state index in [1.54, 1.807) is 0 Å². The molecular formula is C73H52ClN3O. The monoisotopic (exact) mass is 1020 g/mol. The Morgan fingerprint density at radius 3 is 1.53 bits per heavy atom. The molecule has 1 aliphatic carbocycles. The fourth-order valence-corrected chi connectivity index (χ4v) is 11.9. The zero-order chi connectivity index (χ0) is 52.3. The number of hydrogen-bond acceptors (Lipinski definition) is 4. The van der Waals surface area contributed by atoms with Gasteiger partial charge in [0.15, 0.2) is 0 Å². The van der Waals surface area contributed by atoms with Gasteiger partial charge in [-0.15, -0.1) is 0 Å². The topological polar surface area (TPSA) is 27.7 Å². The molecule has 0 radical (unpaired) electrons. The first-order chi connectivity index (χ1) is 38.3. The van der Waals surface area contributed by atoms with Crippen molar-refractivity contribution in [1.82, 2.24) is 0 Å². The van der Waals surface area contributed by atoms with Crippen LogP contribution in [0.2, 0.25) is 5.02 Å². The summed E-state index contributed by atoms with van der Waals surface area (Å²) in [6.07, 6.45) is 0. The van der Waals surface area contributed by atoms with Gasteiger partial charge < -0.3 is 19.9 Å². The summed E-state index contributed by atoms with van der Waals surface area (Å²) in [6, 6.07) is 97.4. The first kappa shape index (κ1) is 46.9. The molecule has 0 atom stereocenters. The minimum absolute atomic E-state index is 0.274. The number of ether oxygens (including phenoxy) is 1. The van der Waals surface area contributed by atoms with Crippen molar-refractivity contribution in [2.24, 2.45) is 0 Å². The van der Waals surface area contributed by atoms with E-state index in [4.69, 9.17) is 16.3 Å². The summed E-state index contributed by atoms with van der Waals surface area (Å²) in [5, 5.41) is 13.7. The number of para-hydroxylation sites is 1. The van der Waals surface area contributed by atoms with Crippen LogP contribution in [0.1, 0.15) is 25.0 Å². The van der Waals surface area contributed by atoms with Crippen LogP contribution in [0, 0.1) is 0 Å². The quantitative estimate of drug-likeness (QED) is 0.140. The third kappa shape index (κ3) is 8.53.